The summed E-state index contributed by atoms with van der Waals surface area (Å²) in [6.45, 7) is 4.80. The number of piperidine rings is 1. The first kappa shape index (κ1) is 17.0. The highest BCUT2D eigenvalue weighted by molar-refractivity contribution is 6.33. The van der Waals surface area contributed by atoms with Gasteiger partial charge in [-0.25, -0.2) is 0 Å². The molecule has 0 atom stereocenters. The van der Waals surface area contributed by atoms with Crippen LogP contribution in [-0.2, 0) is 0 Å². The topological polar surface area (TPSA) is 61.0 Å². The van der Waals surface area contributed by atoms with Crippen molar-refractivity contribution in [1.29, 1.82) is 0 Å². The van der Waals surface area contributed by atoms with Gasteiger partial charge in [-0.1, -0.05) is 36.7 Å². The molecule has 0 spiro atoms. The van der Waals surface area contributed by atoms with Crippen molar-refractivity contribution in [3.63, 3.8) is 0 Å². The average Bonchev–Trinajstić information content (AvgIpc) is 3.10. The smallest absolute Gasteiger partial charge is 0.272 e. The number of rotatable bonds is 5. The Morgan fingerprint density at radius 3 is 2.79 bits per heavy atom. The second-order valence-electron chi connectivity index (χ2n) is 6.13. The van der Waals surface area contributed by atoms with E-state index in [2.05, 4.69) is 22.4 Å². The van der Waals surface area contributed by atoms with Gasteiger partial charge in [0, 0.05) is 18.2 Å². The first-order valence-corrected chi connectivity index (χ1v) is 8.90. The average molecular weight is 347 g/mol. The molecule has 0 saturated carbocycles. The van der Waals surface area contributed by atoms with Crippen molar-refractivity contribution in [1.82, 2.24) is 20.4 Å². The van der Waals surface area contributed by atoms with Crippen LogP contribution in [0.15, 0.2) is 30.3 Å². The number of carbonyl (C=O) groups excluding carboxylic acids is 1. The minimum atomic E-state index is 0.0227. The number of halogens is 1. The predicted octanol–water partition coefficient (Wildman–Crippen LogP) is 3.33. The summed E-state index contributed by atoms with van der Waals surface area (Å²) >= 11 is 6.23. The van der Waals surface area contributed by atoms with E-state index in [1.165, 1.54) is 0 Å². The fraction of sp³-hybridized carbons (Fsp3) is 0.444. The summed E-state index contributed by atoms with van der Waals surface area (Å²) in [5.41, 5.74) is 2.06. The van der Waals surface area contributed by atoms with Gasteiger partial charge in [0.1, 0.15) is 5.69 Å². The molecule has 1 aliphatic heterocycles. The maximum atomic E-state index is 13.0. The molecule has 1 saturated heterocycles. The molecule has 0 aliphatic carbocycles. The number of hydrogen-bond acceptors (Lipinski definition) is 3. The van der Waals surface area contributed by atoms with E-state index in [1.807, 2.05) is 29.2 Å². The second kappa shape index (κ2) is 7.81. The van der Waals surface area contributed by atoms with Gasteiger partial charge in [0.25, 0.3) is 5.91 Å². The first-order valence-electron chi connectivity index (χ1n) is 8.52. The molecule has 2 aromatic rings. The third kappa shape index (κ3) is 3.62. The van der Waals surface area contributed by atoms with E-state index < -0.39 is 0 Å². The van der Waals surface area contributed by atoms with E-state index in [4.69, 9.17) is 11.6 Å². The maximum absolute atomic E-state index is 13.0. The molecular formula is C18H23ClN4O. The quantitative estimate of drug-likeness (QED) is 0.873. The van der Waals surface area contributed by atoms with Crippen LogP contribution in [0.5, 0.6) is 0 Å². The number of nitrogens with one attached hydrogen (secondary N) is 2. The highest BCUT2D eigenvalue weighted by Crippen LogP contribution is 2.27. The lowest BCUT2D eigenvalue weighted by atomic mass is 10.0. The Kier molecular flexibility index (Phi) is 5.53. The van der Waals surface area contributed by atoms with Crippen molar-refractivity contribution < 1.29 is 4.79 Å². The van der Waals surface area contributed by atoms with E-state index >= 15 is 0 Å². The molecule has 5 nitrogen and oxygen atoms in total. The molecule has 3 rings (SSSR count). The monoisotopic (exact) mass is 346 g/mol. The van der Waals surface area contributed by atoms with E-state index in [0.29, 0.717) is 22.5 Å². The molecule has 1 amide bonds. The summed E-state index contributed by atoms with van der Waals surface area (Å²) in [6.07, 6.45) is 2.94. The van der Waals surface area contributed by atoms with Crippen LogP contribution in [0.2, 0.25) is 5.02 Å². The predicted molar refractivity (Wildman–Crippen MR) is 96.3 cm³/mol. The summed E-state index contributed by atoms with van der Waals surface area (Å²) in [6, 6.07) is 9.62. The number of H-pyrrole nitrogens is 1. The summed E-state index contributed by atoms with van der Waals surface area (Å²) in [5.74, 6) is 0.0227. The maximum Gasteiger partial charge on any atom is 0.272 e. The summed E-state index contributed by atoms with van der Waals surface area (Å²) in [4.78, 5) is 15.0. The lowest BCUT2D eigenvalue weighted by molar-refractivity contribution is 0.0636. The number of aromatic nitrogens is 2. The minimum absolute atomic E-state index is 0.0227. The Balaban J connectivity index is 1.82. The lowest BCUT2D eigenvalue weighted by Gasteiger charge is -2.34. The highest BCUT2D eigenvalue weighted by Gasteiger charge is 2.26. The van der Waals surface area contributed by atoms with Crippen molar-refractivity contribution in [2.24, 2.45) is 0 Å². The zero-order valence-electron chi connectivity index (χ0n) is 13.9. The van der Waals surface area contributed by atoms with Gasteiger partial charge in [0.05, 0.1) is 10.7 Å². The van der Waals surface area contributed by atoms with E-state index in [0.717, 1.165) is 44.5 Å². The number of amides is 1. The fourth-order valence-corrected chi connectivity index (χ4v) is 3.43. The van der Waals surface area contributed by atoms with Crippen LogP contribution in [-0.4, -0.2) is 46.7 Å². The van der Waals surface area contributed by atoms with Gasteiger partial charge in [-0.15, -0.1) is 0 Å². The fourth-order valence-electron chi connectivity index (χ4n) is 3.20. The summed E-state index contributed by atoms with van der Waals surface area (Å²) in [5, 5.41) is 11.2. The van der Waals surface area contributed by atoms with Crippen LogP contribution in [0.3, 0.4) is 0 Å². The molecular weight excluding hydrogens is 324 g/mol. The van der Waals surface area contributed by atoms with Crippen molar-refractivity contribution in [3.05, 3.63) is 41.0 Å². The number of nitrogens with zero attached hydrogens (tertiary/aromatic N) is 2. The molecule has 1 fully saturated rings. The van der Waals surface area contributed by atoms with Crippen LogP contribution in [0, 0.1) is 0 Å². The van der Waals surface area contributed by atoms with Crippen LogP contribution < -0.4 is 5.32 Å². The van der Waals surface area contributed by atoms with Crippen molar-refractivity contribution in [2.75, 3.05) is 19.6 Å². The van der Waals surface area contributed by atoms with Gasteiger partial charge in [0.2, 0.25) is 0 Å². The van der Waals surface area contributed by atoms with Crippen molar-refractivity contribution in [2.45, 2.75) is 32.2 Å². The van der Waals surface area contributed by atoms with Gasteiger partial charge in [-0.2, -0.15) is 5.10 Å². The Bertz CT molecular complexity index is 694. The summed E-state index contributed by atoms with van der Waals surface area (Å²) < 4.78 is 0. The van der Waals surface area contributed by atoms with Gasteiger partial charge in [0.15, 0.2) is 0 Å². The number of carbonyl (C=O) groups is 1. The molecule has 1 aliphatic rings. The molecule has 128 valence electrons. The van der Waals surface area contributed by atoms with Crippen LogP contribution in [0.4, 0.5) is 0 Å². The molecule has 0 bridgehead atoms. The van der Waals surface area contributed by atoms with E-state index in [1.54, 1.807) is 6.07 Å². The number of aromatic amines is 1. The molecule has 0 unspecified atom stereocenters. The molecule has 1 aromatic heterocycles. The van der Waals surface area contributed by atoms with Gasteiger partial charge in [-0.05, 0) is 44.5 Å². The summed E-state index contributed by atoms with van der Waals surface area (Å²) in [7, 11) is 0. The Labute approximate surface area is 147 Å². The van der Waals surface area contributed by atoms with E-state index in [-0.39, 0.29) is 5.91 Å². The van der Waals surface area contributed by atoms with E-state index in [9.17, 15) is 4.79 Å². The number of hydrogen-bond donors (Lipinski definition) is 2. The first-order chi connectivity index (χ1) is 11.7. The van der Waals surface area contributed by atoms with Crippen LogP contribution in [0.25, 0.3) is 11.3 Å². The largest absolute Gasteiger partial charge is 0.334 e. The second-order valence-corrected chi connectivity index (χ2v) is 6.53. The molecule has 0 radical (unpaired) electrons. The highest BCUT2D eigenvalue weighted by atomic mass is 35.5. The minimum Gasteiger partial charge on any atom is -0.334 e. The van der Waals surface area contributed by atoms with Gasteiger partial charge < -0.3 is 10.2 Å². The standard InChI is InChI=1S/C18H23ClN4O/c1-2-11-23(13-7-9-20-10-8-13)18(24)17-12-16(21-22-17)14-5-3-4-6-15(14)19/h3-6,12-13,20H,2,7-11H2,1H3,(H,21,22). The van der Waals surface area contributed by atoms with Gasteiger partial charge >= 0.3 is 0 Å². The third-order valence-corrected chi connectivity index (χ3v) is 4.76. The lowest BCUT2D eigenvalue weighted by Crippen LogP contribution is -2.46. The van der Waals surface area contributed by atoms with Crippen molar-refractivity contribution >= 4 is 17.5 Å². The number of benzene rings is 1. The zero-order valence-corrected chi connectivity index (χ0v) is 14.6. The molecule has 24 heavy (non-hydrogen) atoms. The van der Waals surface area contributed by atoms with Crippen LogP contribution in [0.1, 0.15) is 36.7 Å². The van der Waals surface area contributed by atoms with Crippen molar-refractivity contribution in [3.8, 4) is 11.3 Å². The zero-order chi connectivity index (χ0) is 16.9. The third-order valence-electron chi connectivity index (χ3n) is 4.43. The SMILES string of the molecule is CCCN(C(=O)c1cc(-c2ccccc2Cl)n[nH]1)C1CCNCC1. The molecule has 2 N–H and O–H groups in total. The molecule has 2 heterocycles. The van der Waals surface area contributed by atoms with Gasteiger partial charge in [-0.3, -0.25) is 9.89 Å². The molecule has 1 aromatic carbocycles. The Hall–Kier alpha value is -1.85. The Morgan fingerprint density at radius 1 is 1.33 bits per heavy atom. The molecule has 6 heteroatoms. The van der Waals surface area contributed by atoms with Crippen LogP contribution >= 0.6 is 11.6 Å². The normalized spacial score (nSPS) is 15.4. The Morgan fingerprint density at radius 2 is 2.08 bits per heavy atom.